The quantitative estimate of drug-likeness (QED) is 0.803. The van der Waals surface area contributed by atoms with Crippen LogP contribution in [0.5, 0.6) is 0 Å². The van der Waals surface area contributed by atoms with Gasteiger partial charge >= 0.3 is 0 Å². The molecule has 3 nitrogen and oxygen atoms in total. The van der Waals surface area contributed by atoms with Gasteiger partial charge in [0.1, 0.15) is 0 Å². The molecule has 0 radical (unpaired) electrons. The van der Waals surface area contributed by atoms with Gasteiger partial charge in [-0.25, -0.2) is 0 Å². The summed E-state index contributed by atoms with van der Waals surface area (Å²) in [6.45, 7) is 9.47. The second kappa shape index (κ2) is 8.66. The fraction of sp³-hybridized carbons (Fsp3) is 0.684. The lowest BCUT2D eigenvalue weighted by atomic mass is 10.1. The van der Waals surface area contributed by atoms with Crippen molar-refractivity contribution < 1.29 is 4.74 Å². The van der Waals surface area contributed by atoms with Crippen molar-refractivity contribution in [1.82, 2.24) is 9.80 Å². The molecule has 0 N–H and O–H groups in total. The molecule has 2 heterocycles. The Morgan fingerprint density at radius 3 is 2.64 bits per heavy atom. The molecule has 3 rings (SSSR count). The first-order valence-electron chi connectivity index (χ1n) is 8.96. The maximum atomic E-state index is 5.51. The van der Waals surface area contributed by atoms with Crippen LogP contribution in [0.2, 0.25) is 0 Å². The smallest absolute Gasteiger partial charge is 0.0507 e. The topological polar surface area (TPSA) is 15.7 Å². The van der Waals surface area contributed by atoms with Gasteiger partial charge in [0.15, 0.2) is 0 Å². The first-order chi connectivity index (χ1) is 10.9. The van der Waals surface area contributed by atoms with Gasteiger partial charge in [0.05, 0.1) is 6.61 Å². The third-order valence-corrected chi connectivity index (χ3v) is 5.00. The predicted octanol–water partition coefficient (Wildman–Crippen LogP) is 2.66. The fourth-order valence-corrected chi connectivity index (χ4v) is 3.67. The fourth-order valence-electron chi connectivity index (χ4n) is 3.67. The van der Waals surface area contributed by atoms with Crippen LogP contribution >= 0.6 is 0 Å². The van der Waals surface area contributed by atoms with Crippen molar-refractivity contribution >= 4 is 0 Å². The van der Waals surface area contributed by atoms with Gasteiger partial charge in [-0.1, -0.05) is 30.3 Å². The van der Waals surface area contributed by atoms with Gasteiger partial charge in [0, 0.05) is 26.2 Å². The third kappa shape index (κ3) is 5.08. The molecule has 1 aromatic carbocycles. The van der Waals surface area contributed by atoms with E-state index in [2.05, 4.69) is 40.1 Å². The summed E-state index contributed by atoms with van der Waals surface area (Å²) in [5.74, 6) is 0.782. The lowest BCUT2D eigenvalue weighted by Gasteiger charge is -2.23. The summed E-state index contributed by atoms with van der Waals surface area (Å²) >= 11 is 0. The van der Waals surface area contributed by atoms with Crippen molar-refractivity contribution in [3.63, 3.8) is 0 Å². The number of benzene rings is 1. The van der Waals surface area contributed by atoms with Gasteiger partial charge in [0.25, 0.3) is 0 Å². The Morgan fingerprint density at radius 2 is 1.82 bits per heavy atom. The number of hydrogen-bond acceptors (Lipinski definition) is 3. The average molecular weight is 302 g/mol. The van der Waals surface area contributed by atoms with Crippen molar-refractivity contribution in [2.45, 2.75) is 25.7 Å². The van der Waals surface area contributed by atoms with E-state index in [1.807, 2.05) is 0 Å². The van der Waals surface area contributed by atoms with E-state index < -0.39 is 0 Å². The Kier molecular flexibility index (Phi) is 6.29. The maximum absolute atomic E-state index is 5.51. The predicted molar refractivity (Wildman–Crippen MR) is 91.2 cm³/mol. The second-order valence-corrected chi connectivity index (χ2v) is 6.81. The highest BCUT2D eigenvalue weighted by Gasteiger charge is 2.21. The molecule has 1 aromatic rings. The van der Waals surface area contributed by atoms with Crippen LogP contribution in [0, 0.1) is 5.92 Å². The Labute approximate surface area is 135 Å². The van der Waals surface area contributed by atoms with Crippen LogP contribution in [0.3, 0.4) is 0 Å². The van der Waals surface area contributed by atoms with Crippen LogP contribution < -0.4 is 0 Å². The molecule has 3 heteroatoms. The molecule has 0 aliphatic carbocycles. The Morgan fingerprint density at radius 1 is 1.00 bits per heavy atom. The summed E-state index contributed by atoms with van der Waals surface area (Å²) in [6.07, 6.45) is 5.07. The van der Waals surface area contributed by atoms with E-state index in [4.69, 9.17) is 4.74 Å². The van der Waals surface area contributed by atoms with Crippen molar-refractivity contribution in [1.29, 1.82) is 0 Å². The van der Waals surface area contributed by atoms with Crippen LogP contribution in [-0.4, -0.2) is 62.3 Å². The highest BCUT2D eigenvalue weighted by molar-refractivity contribution is 5.14. The second-order valence-electron chi connectivity index (χ2n) is 6.81. The van der Waals surface area contributed by atoms with Crippen LogP contribution in [0.15, 0.2) is 30.3 Å². The molecule has 22 heavy (non-hydrogen) atoms. The van der Waals surface area contributed by atoms with Gasteiger partial charge < -0.3 is 14.5 Å². The summed E-state index contributed by atoms with van der Waals surface area (Å²) in [6, 6.07) is 10.9. The van der Waals surface area contributed by atoms with E-state index in [9.17, 15) is 0 Å². The molecule has 1 atom stereocenters. The van der Waals surface area contributed by atoms with E-state index in [0.717, 1.165) is 19.1 Å². The van der Waals surface area contributed by atoms with E-state index in [0.29, 0.717) is 0 Å². The SMILES string of the molecule is c1ccc(CCCN2CCCN(C[C@@H]3CCOC3)CC2)cc1. The van der Waals surface area contributed by atoms with Crippen molar-refractivity contribution in [2.75, 3.05) is 52.5 Å². The lowest BCUT2D eigenvalue weighted by molar-refractivity contribution is 0.167. The minimum atomic E-state index is 0.782. The van der Waals surface area contributed by atoms with E-state index in [1.54, 1.807) is 0 Å². The molecule has 2 saturated heterocycles. The van der Waals surface area contributed by atoms with Crippen LogP contribution in [0.4, 0.5) is 0 Å². The minimum Gasteiger partial charge on any atom is -0.381 e. The monoisotopic (exact) mass is 302 g/mol. The molecular weight excluding hydrogens is 272 g/mol. The molecule has 0 saturated carbocycles. The molecule has 0 amide bonds. The summed E-state index contributed by atoms with van der Waals surface area (Å²) in [4.78, 5) is 5.32. The van der Waals surface area contributed by atoms with Crippen LogP contribution in [0.1, 0.15) is 24.8 Å². The van der Waals surface area contributed by atoms with Crippen molar-refractivity contribution in [3.8, 4) is 0 Å². The Balaban J connectivity index is 1.35. The standard InChI is InChI=1S/C19H30N2O/c1-2-6-18(7-3-1)8-4-10-20-11-5-12-21(14-13-20)16-19-9-15-22-17-19/h1-3,6-7,19H,4-5,8-17H2/t19-/m0/s1. The van der Waals surface area contributed by atoms with Gasteiger partial charge in [-0.15, -0.1) is 0 Å². The minimum absolute atomic E-state index is 0.782. The summed E-state index contributed by atoms with van der Waals surface area (Å²) < 4.78 is 5.51. The third-order valence-electron chi connectivity index (χ3n) is 5.00. The normalized spacial score (nSPS) is 24.5. The van der Waals surface area contributed by atoms with Crippen LogP contribution in [-0.2, 0) is 11.2 Å². The Bertz CT molecular complexity index is 417. The zero-order valence-corrected chi connectivity index (χ0v) is 13.8. The molecule has 2 aliphatic rings. The molecule has 122 valence electrons. The molecule has 0 spiro atoms. The number of ether oxygens (including phenoxy) is 1. The first-order valence-corrected chi connectivity index (χ1v) is 8.96. The first kappa shape index (κ1) is 16.0. The molecule has 0 bridgehead atoms. The number of rotatable bonds is 6. The van der Waals surface area contributed by atoms with E-state index in [-0.39, 0.29) is 0 Å². The van der Waals surface area contributed by atoms with Crippen molar-refractivity contribution in [2.24, 2.45) is 5.92 Å². The zero-order valence-electron chi connectivity index (χ0n) is 13.8. The van der Waals surface area contributed by atoms with Gasteiger partial charge in [-0.05, 0) is 56.8 Å². The zero-order chi connectivity index (χ0) is 15.0. The average Bonchev–Trinajstić information content (AvgIpc) is 2.96. The van der Waals surface area contributed by atoms with Crippen LogP contribution in [0.25, 0.3) is 0 Å². The number of hydrogen-bond donors (Lipinski definition) is 0. The summed E-state index contributed by atoms with van der Waals surface area (Å²) in [5.41, 5.74) is 1.47. The molecular formula is C19H30N2O. The largest absolute Gasteiger partial charge is 0.381 e. The van der Waals surface area contributed by atoms with E-state index in [1.165, 1.54) is 70.5 Å². The van der Waals surface area contributed by atoms with Gasteiger partial charge in [-0.2, -0.15) is 0 Å². The van der Waals surface area contributed by atoms with Gasteiger partial charge in [0.2, 0.25) is 0 Å². The molecule has 2 aliphatic heterocycles. The lowest BCUT2D eigenvalue weighted by Crippen LogP contribution is -2.34. The summed E-state index contributed by atoms with van der Waals surface area (Å²) in [5, 5.41) is 0. The number of aryl methyl sites for hydroxylation is 1. The number of nitrogens with zero attached hydrogens (tertiary/aromatic N) is 2. The van der Waals surface area contributed by atoms with Crippen molar-refractivity contribution in [3.05, 3.63) is 35.9 Å². The Hall–Kier alpha value is -0.900. The van der Waals surface area contributed by atoms with E-state index >= 15 is 0 Å². The molecule has 2 fully saturated rings. The van der Waals surface area contributed by atoms with Gasteiger partial charge in [-0.3, -0.25) is 0 Å². The highest BCUT2D eigenvalue weighted by Crippen LogP contribution is 2.15. The highest BCUT2D eigenvalue weighted by atomic mass is 16.5. The summed E-state index contributed by atoms with van der Waals surface area (Å²) in [7, 11) is 0. The molecule has 0 unspecified atom stereocenters. The maximum Gasteiger partial charge on any atom is 0.0507 e. The molecule has 0 aromatic heterocycles.